The maximum absolute atomic E-state index is 12.6. The maximum Gasteiger partial charge on any atom is 0.271 e. The summed E-state index contributed by atoms with van der Waals surface area (Å²) in [6.07, 6.45) is 1.80. The highest BCUT2D eigenvalue weighted by Crippen LogP contribution is 2.78. The molecule has 2 aliphatic carbocycles. The van der Waals surface area contributed by atoms with Crippen LogP contribution in [-0.2, 0) is 14.3 Å². The molecule has 1 saturated heterocycles. The zero-order valence-electron chi connectivity index (χ0n) is 12.9. The number of hydrogen-bond acceptors (Lipinski definition) is 3. The standard InChI is InChI=1S/C15H26O3S/c1-9(2)15(10(3)4)12-14(6)8-13(15,5)7-11(14)18-19(12,16)17/h9-12H,7-8H2,1-6H3. The molecule has 4 unspecified atom stereocenters. The summed E-state index contributed by atoms with van der Waals surface area (Å²) in [5.74, 6) is 0.698. The van der Waals surface area contributed by atoms with E-state index in [0.29, 0.717) is 11.8 Å². The van der Waals surface area contributed by atoms with E-state index in [-0.39, 0.29) is 27.6 Å². The van der Waals surface area contributed by atoms with Gasteiger partial charge in [-0.25, -0.2) is 0 Å². The lowest BCUT2D eigenvalue weighted by molar-refractivity contribution is -0.0426. The van der Waals surface area contributed by atoms with Crippen LogP contribution in [0.4, 0.5) is 0 Å². The van der Waals surface area contributed by atoms with Crippen LogP contribution in [0, 0.1) is 28.1 Å². The summed E-state index contributed by atoms with van der Waals surface area (Å²) in [6.45, 7) is 13.2. The first-order chi connectivity index (χ1) is 8.52. The second kappa shape index (κ2) is 3.38. The number of fused-ring (bicyclic) bond motifs is 1. The fourth-order valence-electron chi connectivity index (χ4n) is 6.72. The van der Waals surface area contributed by atoms with Gasteiger partial charge in [0.25, 0.3) is 10.1 Å². The van der Waals surface area contributed by atoms with E-state index in [4.69, 9.17) is 4.18 Å². The Hall–Kier alpha value is -0.0900. The third kappa shape index (κ3) is 1.22. The Kier molecular flexibility index (Phi) is 2.47. The van der Waals surface area contributed by atoms with Crippen LogP contribution < -0.4 is 0 Å². The molecule has 4 atom stereocenters. The molecule has 0 aromatic heterocycles. The normalized spacial score (nSPS) is 49.5. The van der Waals surface area contributed by atoms with Crippen LogP contribution in [0.3, 0.4) is 0 Å². The molecule has 0 aromatic rings. The SMILES string of the molecule is CC(C)C1(C(C)C)C2C3(C)CC1(C)CC3OS2(=O)=O. The molecule has 3 aliphatic rings. The quantitative estimate of drug-likeness (QED) is 0.732. The zero-order valence-corrected chi connectivity index (χ0v) is 13.7. The Morgan fingerprint density at radius 1 is 1.11 bits per heavy atom. The average molecular weight is 286 g/mol. The first-order valence-corrected chi connectivity index (χ1v) is 8.91. The van der Waals surface area contributed by atoms with Gasteiger partial charge in [0.2, 0.25) is 0 Å². The lowest BCUT2D eigenvalue weighted by Gasteiger charge is -2.53. The smallest absolute Gasteiger partial charge is 0.266 e. The molecule has 0 spiro atoms. The van der Waals surface area contributed by atoms with Crippen molar-refractivity contribution in [2.75, 3.05) is 0 Å². The third-order valence-electron chi connectivity index (χ3n) is 6.67. The highest BCUT2D eigenvalue weighted by molar-refractivity contribution is 7.87. The van der Waals surface area contributed by atoms with Gasteiger partial charge in [0.1, 0.15) is 5.25 Å². The Morgan fingerprint density at radius 2 is 1.63 bits per heavy atom. The minimum Gasteiger partial charge on any atom is -0.266 e. The van der Waals surface area contributed by atoms with Crippen LogP contribution in [0.25, 0.3) is 0 Å². The summed E-state index contributed by atoms with van der Waals surface area (Å²) in [6, 6.07) is 0. The van der Waals surface area contributed by atoms with Crippen molar-refractivity contribution >= 4 is 10.1 Å². The van der Waals surface area contributed by atoms with E-state index in [2.05, 4.69) is 41.5 Å². The van der Waals surface area contributed by atoms with Crippen molar-refractivity contribution in [3.05, 3.63) is 0 Å². The Morgan fingerprint density at radius 3 is 2.11 bits per heavy atom. The van der Waals surface area contributed by atoms with Crippen LogP contribution in [-0.4, -0.2) is 19.8 Å². The minimum absolute atomic E-state index is 0.0851. The molecule has 3 rings (SSSR count). The molecular formula is C15H26O3S. The van der Waals surface area contributed by atoms with Crippen LogP contribution in [0.2, 0.25) is 0 Å². The van der Waals surface area contributed by atoms with Crippen LogP contribution in [0.5, 0.6) is 0 Å². The van der Waals surface area contributed by atoms with Crippen molar-refractivity contribution in [1.82, 2.24) is 0 Å². The van der Waals surface area contributed by atoms with Crippen molar-refractivity contribution in [2.24, 2.45) is 28.1 Å². The molecule has 0 amide bonds. The van der Waals surface area contributed by atoms with Gasteiger partial charge in [-0.05, 0) is 30.1 Å². The molecule has 3 nitrogen and oxygen atoms in total. The first kappa shape index (κ1) is 13.9. The topological polar surface area (TPSA) is 43.4 Å². The highest BCUT2D eigenvalue weighted by atomic mass is 32.2. The molecular weight excluding hydrogens is 260 g/mol. The maximum atomic E-state index is 12.6. The molecule has 0 aromatic carbocycles. The molecule has 2 saturated carbocycles. The predicted octanol–water partition coefficient (Wildman–Crippen LogP) is 3.20. The molecule has 1 aliphatic heterocycles. The molecule has 0 N–H and O–H groups in total. The van der Waals surface area contributed by atoms with Crippen LogP contribution in [0.15, 0.2) is 0 Å². The molecule has 3 fully saturated rings. The van der Waals surface area contributed by atoms with Crippen LogP contribution >= 0.6 is 0 Å². The summed E-state index contributed by atoms with van der Waals surface area (Å²) in [7, 11) is -3.43. The largest absolute Gasteiger partial charge is 0.271 e. The van der Waals surface area contributed by atoms with Gasteiger partial charge in [-0.2, -0.15) is 8.42 Å². The summed E-state index contributed by atoms with van der Waals surface area (Å²) in [5, 5.41) is -0.323. The van der Waals surface area contributed by atoms with E-state index in [1.807, 2.05) is 0 Å². The zero-order chi connectivity index (χ0) is 14.4. The van der Waals surface area contributed by atoms with Crippen molar-refractivity contribution < 1.29 is 12.6 Å². The number of rotatable bonds is 2. The van der Waals surface area contributed by atoms with Gasteiger partial charge in [0.15, 0.2) is 0 Å². The molecule has 0 radical (unpaired) electrons. The highest BCUT2D eigenvalue weighted by Gasteiger charge is 2.81. The van der Waals surface area contributed by atoms with Crippen molar-refractivity contribution in [2.45, 2.75) is 65.7 Å². The lowest BCUT2D eigenvalue weighted by atomic mass is 9.52. The Bertz CT molecular complexity index is 514. The monoisotopic (exact) mass is 286 g/mol. The molecule has 110 valence electrons. The molecule has 19 heavy (non-hydrogen) atoms. The lowest BCUT2D eigenvalue weighted by Crippen LogP contribution is -2.56. The van der Waals surface area contributed by atoms with Gasteiger partial charge in [-0.15, -0.1) is 0 Å². The second-order valence-corrected chi connectivity index (χ2v) is 9.80. The van der Waals surface area contributed by atoms with E-state index in [0.717, 1.165) is 12.8 Å². The average Bonchev–Trinajstić information content (AvgIpc) is 2.60. The Labute approximate surface area is 117 Å². The first-order valence-electron chi connectivity index (χ1n) is 7.44. The fraction of sp³-hybridized carbons (Fsp3) is 1.00. The van der Waals surface area contributed by atoms with E-state index in [1.54, 1.807) is 0 Å². The van der Waals surface area contributed by atoms with Crippen molar-refractivity contribution in [3.8, 4) is 0 Å². The van der Waals surface area contributed by atoms with Gasteiger partial charge in [0.05, 0.1) is 6.10 Å². The Balaban J connectivity index is 2.32. The summed E-state index contributed by atoms with van der Waals surface area (Å²) in [4.78, 5) is 0. The van der Waals surface area contributed by atoms with Crippen LogP contribution in [0.1, 0.15) is 54.4 Å². The van der Waals surface area contributed by atoms with Crippen molar-refractivity contribution in [3.63, 3.8) is 0 Å². The predicted molar refractivity (Wildman–Crippen MR) is 75.1 cm³/mol. The van der Waals surface area contributed by atoms with E-state index in [1.165, 1.54) is 0 Å². The van der Waals surface area contributed by atoms with E-state index < -0.39 is 10.1 Å². The fourth-order valence-corrected chi connectivity index (χ4v) is 9.64. The summed E-state index contributed by atoms with van der Waals surface area (Å²) >= 11 is 0. The minimum atomic E-state index is -3.43. The number of hydrogen-bond donors (Lipinski definition) is 0. The van der Waals surface area contributed by atoms with Gasteiger partial charge >= 0.3 is 0 Å². The summed E-state index contributed by atoms with van der Waals surface area (Å²) in [5.41, 5.74) is -0.251. The molecule has 2 bridgehead atoms. The molecule has 4 heteroatoms. The van der Waals surface area contributed by atoms with Gasteiger partial charge in [-0.1, -0.05) is 41.5 Å². The van der Waals surface area contributed by atoms with Gasteiger partial charge in [0, 0.05) is 10.8 Å². The molecule has 1 heterocycles. The third-order valence-corrected chi connectivity index (χ3v) is 8.68. The summed E-state index contributed by atoms with van der Waals surface area (Å²) < 4.78 is 30.8. The van der Waals surface area contributed by atoms with Gasteiger partial charge in [-0.3, -0.25) is 4.18 Å². The van der Waals surface area contributed by atoms with E-state index >= 15 is 0 Å². The van der Waals surface area contributed by atoms with E-state index in [9.17, 15) is 8.42 Å². The second-order valence-electron chi connectivity index (χ2n) is 8.15. The van der Waals surface area contributed by atoms with Gasteiger partial charge < -0.3 is 0 Å². The van der Waals surface area contributed by atoms with Crippen molar-refractivity contribution in [1.29, 1.82) is 0 Å².